The maximum Gasteiger partial charge on any atom is 0.408 e. The van der Waals surface area contributed by atoms with Crippen molar-refractivity contribution in [2.45, 2.75) is 84.7 Å². The van der Waals surface area contributed by atoms with E-state index in [2.05, 4.69) is 30.1 Å². The molecule has 2 heterocycles. The van der Waals surface area contributed by atoms with Gasteiger partial charge < -0.3 is 38.7 Å². The van der Waals surface area contributed by atoms with Gasteiger partial charge in [0.1, 0.15) is 36.2 Å². The lowest BCUT2D eigenvalue weighted by Gasteiger charge is -2.21. The van der Waals surface area contributed by atoms with Gasteiger partial charge in [-0.1, -0.05) is 0 Å². The van der Waals surface area contributed by atoms with Crippen LogP contribution in [0.4, 0.5) is 9.59 Å². The monoisotopic (exact) mass is 542 g/mol. The maximum absolute atomic E-state index is 11.6. The van der Waals surface area contributed by atoms with Crippen molar-refractivity contribution >= 4 is 30.0 Å². The lowest BCUT2D eigenvalue weighted by molar-refractivity contribution is -0.142. The Bertz CT molecular complexity index is 1010. The van der Waals surface area contributed by atoms with Crippen molar-refractivity contribution in [2.75, 3.05) is 20.8 Å². The number of alkyl carbamates (subject to hydrolysis) is 2. The molecule has 0 radical (unpaired) electrons. The van der Waals surface area contributed by atoms with Crippen LogP contribution in [0, 0.1) is 0 Å². The van der Waals surface area contributed by atoms with Gasteiger partial charge in [0.05, 0.1) is 14.2 Å². The van der Waals surface area contributed by atoms with Gasteiger partial charge in [-0.3, -0.25) is 0 Å². The fourth-order valence-corrected chi connectivity index (χ4v) is 2.66. The van der Waals surface area contributed by atoms with Gasteiger partial charge in [-0.15, -0.1) is 0 Å². The minimum atomic E-state index is -0.664. The van der Waals surface area contributed by atoms with Crippen LogP contribution in [0.2, 0.25) is 0 Å². The molecule has 0 bridgehead atoms. The second-order valence-electron chi connectivity index (χ2n) is 10.1. The van der Waals surface area contributed by atoms with E-state index in [1.807, 2.05) is 0 Å². The van der Waals surface area contributed by atoms with Gasteiger partial charge in [-0.05, 0) is 55.4 Å². The van der Waals surface area contributed by atoms with Crippen molar-refractivity contribution in [1.29, 1.82) is 0 Å². The van der Waals surface area contributed by atoms with Crippen LogP contribution >= 0.6 is 0 Å². The van der Waals surface area contributed by atoms with Gasteiger partial charge in [0.15, 0.2) is 11.7 Å². The van der Waals surface area contributed by atoms with Crippen LogP contribution in [0.15, 0.2) is 15.7 Å². The molecule has 14 heteroatoms. The molecule has 2 rings (SSSR count). The van der Waals surface area contributed by atoms with Crippen molar-refractivity contribution in [3.05, 3.63) is 17.8 Å². The van der Waals surface area contributed by atoms with E-state index in [-0.39, 0.29) is 18.2 Å². The van der Waals surface area contributed by atoms with Gasteiger partial charge in [0.25, 0.3) is 0 Å². The SMILES string of the molecule is COC(=O)C1COC([C@@H](C)NC(=O)OC(C)(C)C)=N1.COC(=O)c1coc([C@@H](C)NC(=O)OC(C)(C)C)n1. The first-order valence-electron chi connectivity index (χ1n) is 11.8. The zero-order valence-electron chi connectivity index (χ0n) is 23.5. The first kappa shape index (κ1) is 32.2. The van der Waals surface area contributed by atoms with E-state index < -0.39 is 53.5 Å². The van der Waals surface area contributed by atoms with Crippen molar-refractivity contribution < 1.29 is 47.3 Å². The van der Waals surface area contributed by atoms with E-state index in [1.165, 1.54) is 20.5 Å². The average Bonchev–Trinajstić information content (AvgIpc) is 3.46. The number of methoxy groups -OCH3 is 2. The Hall–Kier alpha value is -3.84. The smallest absolute Gasteiger partial charge is 0.408 e. The normalized spacial score (nSPS) is 16.4. The second kappa shape index (κ2) is 13.6. The van der Waals surface area contributed by atoms with Gasteiger partial charge in [-0.25, -0.2) is 29.2 Å². The third kappa shape index (κ3) is 11.5. The highest BCUT2D eigenvalue weighted by atomic mass is 16.6. The summed E-state index contributed by atoms with van der Waals surface area (Å²) < 4.78 is 29.6. The maximum atomic E-state index is 11.6. The summed E-state index contributed by atoms with van der Waals surface area (Å²) in [6, 6.07) is -1.65. The third-order valence-electron chi connectivity index (χ3n) is 4.27. The van der Waals surface area contributed by atoms with Crippen LogP contribution < -0.4 is 10.6 Å². The third-order valence-corrected chi connectivity index (χ3v) is 4.27. The summed E-state index contributed by atoms with van der Waals surface area (Å²) in [5, 5.41) is 5.14. The van der Waals surface area contributed by atoms with E-state index in [0.717, 1.165) is 0 Å². The molecule has 1 unspecified atom stereocenters. The molecule has 0 aromatic carbocycles. The topological polar surface area (TPSA) is 177 Å². The quantitative estimate of drug-likeness (QED) is 0.399. The molecule has 1 aromatic rings. The highest BCUT2D eigenvalue weighted by Gasteiger charge is 2.30. The molecule has 0 saturated carbocycles. The van der Waals surface area contributed by atoms with Gasteiger partial charge in [0, 0.05) is 0 Å². The van der Waals surface area contributed by atoms with Crippen molar-refractivity contribution in [1.82, 2.24) is 15.6 Å². The van der Waals surface area contributed by atoms with Crippen LogP contribution in [0.3, 0.4) is 0 Å². The van der Waals surface area contributed by atoms with Crippen LogP contribution in [-0.4, -0.2) is 79.1 Å². The molecule has 0 aliphatic carbocycles. The number of nitrogens with one attached hydrogen (secondary N) is 2. The highest BCUT2D eigenvalue weighted by molar-refractivity contribution is 5.90. The Labute approximate surface area is 221 Å². The number of hydrogen-bond donors (Lipinski definition) is 2. The first-order chi connectivity index (χ1) is 17.5. The number of hydrogen-bond acceptors (Lipinski definition) is 12. The second-order valence-corrected chi connectivity index (χ2v) is 10.1. The molecule has 1 aromatic heterocycles. The summed E-state index contributed by atoms with van der Waals surface area (Å²) in [6.07, 6.45) is 0.0275. The molecule has 214 valence electrons. The van der Waals surface area contributed by atoms with Gasteiger partial charge in [0.2, 0.25) is 11.8 Å². The summed E-state index contributed by atoms with van der Waals surface area (Å²) in [5.74, 6) is -0.563. The number of rotatable bonds is 6. The number of esters is 2. The molecular formula is C24H38N4O10. The Morgan fingerprint density at radius 3 is 1.92 bits per heavy atom. The number of aromatic nitrogens is 1. The summed E-state index contributed by atoms with van der Waals surface area (Å²) in [4.78, 5) is 53.6. The summed E-state index contributed by atoms with van der Waals surface area (Å²) in [6.45, 7) is 14.1. The van der Waals surface area contributed by atoms with Crippen molar-refractivity contribution in [2.24, 2.45) is 4.99 Å². The molecule has 0 saturated heterocycles. The summed E-state index contributed by atoms with van der Waals surface area (Å²) in [5.41, 5.74) is -1.11. The number of aliphatic imine (C=N–C) groups is 1. The fraction of sp³-hybridized carbons (Fsp3) is 0.667. The molecule has 2 N–H and O–H groups in total. The average molecular weight is 543 g/mol. The Morgan fingerprint density at radius 1 is 0.921 bits per heavy atom. The standard InChI is InChI=1S/C12H20N2O5.C12H18N2O5/c2*1-7(13-11(16)19-12(2,3)4)9-14-8(6-18-9)10(15)17-5/h7-8H,6H2,1-5H3,(H,13,16);6-7H,1-5H3,(H,13,16)/t7-,8?;7-/m11/s1. The molecule has 0 spiro atoms. The zero-order valence-corrected chi connectivity index (χ0v) is 23.5. The minimum Gasteiger partial charge on any atom is -0.477 e. The first-order valence-corrected chi connectivity index (χ1v) is 11.8. The zero-order chi connectivity index (χ0) is 29.3. The van der Waals surface area contributed by atoms with Gasteiger partial charge in [-0.2, -0.15) is 0 Å². The number of oxazole rings is 1. The van der Waals surface area contributed by atoms with Gasteiger partial charge >= 0.3 is 24.1 Å². The summed E-state index contributed by atoms with van der Waals surface area (Å²) >= 11 is 0. The number of carbonyl (C=O) groups is 4. The lowest BCUT2D eigenvalue weighted by atomic mass is 10.2. The van der Waals surface area contributed by atoms with E-state index in [0.29, 0.717) is 5.90 Å². The molecule has 2 amide bonds. The van der Waals surface area contributed by atoms with E-state index in [4.69, 9.17) is 18.6 Å². The fourth-order valence-electron chi connectivity index (χ4n) is 2.66. The molecular weight excluding hydrogens is 504 g/mol. The Balaban J connectivity index is 0.000000380. The van der Waals surface area contributed by atoms with Crippen LogP contribution in [0.5, 0.6) is 0 Å². The van der Waals surface area contributed by atoms with Crippen LogP contribution in [0.1, 0.15) is 77.8 Å². The van der Waals surface area contributed by atoms with E-state index in [9.17, 15) is 19.2 Å². The van der Waals surface area contributed by atoms with E-state index in [1.54, 1.807) is 55.4 Å². The molecule has 0 fully saturated rings. The molecule has 14 nitrogen and oxygen atoms in total. The Kier molecular flexibility index (Phi) is 11.5. The molecule has 3 atom stereocenters. The minimum absolute atomic E-state index is 0.0512. The molecule has 38 heavy (non-hydrogen) atoms. The van der Waals surface area contributed by atoms with Crippen LogP contribution in [-0.2, 0) is 28.5 Å². The highest BCUT2D eigenvalue weighted by Crippen LogP contribution is 2.14. The summed E-state index contributed by atoms with van der Waals surface area (Å²) in [7, 11) is 2.54. The predicted molar refractivity (Wildman–Crippen MR) is 134 cm³/mol. The number of nitrogens with zero attached hydrogens (tertiary/aromatic N) is 2. The number of ether oxygens (including phenoxy) is 5. The molecule has 1 aliphatic heterocycles. The van der Waals surface area contributed by atoms with Crippen molar-refractivity contribution in [3.63, 3.8) is 0 Å². The number of carbonyl (C=O) groups excluding carboxylic acids is 4. The Morgan fingerprint density at radius 2 is 1.45 bits per heavy atom. The molecule has 1 aliphatic rings. The van der Waals surface area contributed by atoms with E-state index >= 15 is 0 Å². The number of amides is 2. The van der Waals surface area contributed by atoms with Crippen LogP contribution in [0.25, 0.3) is 0 Å². The van der Waals surface area contributed by atoms with Crippen molar-refractivity contribution in [3.8, 4) is 0 Å². The predicted octanol–water partition coefficient (Wildman–Crippen LogP) is 2.92. The largest absolute Gasteiger partial charge is 0.477 e. The lowest BCUT2D eigenvalue weighted by Crippen LogP contribution is -2.41.